The maximum atomic E-state index is 13.7. The van der Waals surface area contributed by atoms with Crippen molar-refractivity contribution in [3.63, 3.8) is 0 Å². The summed E-state index contributed by atoms with van der Waals surface area (Å²) in [4.78, 5) is 39.7. The molecule has 1 fully saturated rings. The van der Waals surface area contributed by atoms with Gasteiger partial charge < -0.3 is 0 Å². The summed E-state index contributed by atoms with van der Waals surface area (Å²) in [5.41, 5.74) is 6.61. The normalized spacial score (nSPS) is 14.6. The minimum absolute atomic E-state index is 0.0666. The lowest BCUT2D eigenvalue weighted by Crippen LogP contribution is -2.52. The fourth-order valence-corrected chi connectivity index (χ4v) is 6.74. The van der Waals surface area contributed by atoms with E-state index in [1.807, 2.05) is 51.1 Å². The lowest BCUT2D eigenvalue weighted by atomic mass is 9.79. The van der Waals surface area contributed by atoms with Crippen LogP contribution in [-0.4, -0.2) is 62.4 Å². The SMILES string of the molecule is CC(C)C[C@@H](C(=O)NN(CCc1ccccc1)C(=O)Cn1ccnn1)[C@H](CCCC1CCCCC1)C(=O)NO.Cc1ccc(S(=O)(=O)O)cc1. The zero-order valence-corrected chi connectivity index (χ0v) is 30.1. The predicted octanol–water partition coefficient (Wildman–Crippen LogP) is 5.16. The lowest BCUT2D eigenvalue weighted by Gasteiger charge is -2.30. The van der Waals surface area contributed by atoms with Crippen LogP contribution in [0.25, 0.3) is 0 Å². The molecule has 13 nitrogen and oxygen atoms in total. The quantitative estimate of drug-likeness (QED) is 0.0940. The van der Waals surface area contributed by atoms with Crippen molar-refractivity contribution < 1.29 is 32.6 Å². The summed E-state index contributed by atoms with van der Waals surface area (Å²) in [5, 5.41) is 18.5. The number of aromatic nitrogens is 3. The summed E-state index contributed by atoms with van der Waals surface area (Å²) in [5.74, 6) is -1.87. The van der Waals surface area contributed by atoms with Gasteiger partial charge in [0.1, 0.15) is 6.54 Å². The predicted molar refractivity (Wildman–Crippen MR) is 188 cm³/mol. The van der Waals surface area contributed by atoms with Gasteiger partial charge in [0.05, 0.1) is 22.9 Å². The average molecular weight is 713 g/mol. The highest BCUT2D eigenvalue weighted by Gasteiger charge is 2.35. The first kappa shape index (κ1) is 40.3. The van der Waals surface area contributed by atoms with Crippen molar-refractivity contribution in [2.24, 2.45) is 23.7 Å². The van der Waals surface area contributed by atoms with E-state index in [1.165, 1.54) is 60.1 Å². The molecule has 1 aromatic heterocycles. The van der Waals surface area contributed by atoms with E-state index in [4.69, 9.17) is 4.55 Å². The first-order chi connectivity index (χ1) is 23.9. The van der Waals surface area contributed by atoms with Gasteiger partial charge in [0.15, 0.2) is 0 Å². The molecule has 1 aliphatic carbocycles. The van der Waals surface area contributed by atoms with Gasteiger partial charge in [-0.25, -0.2) is 10.2 Å². The van der Waals surface area contributed by atoms with Crippen LogP contribution >= 0.6 is 0 Å². The Hall–Kier alpha value is -4.14. The standard InChI is InChI=1S/C29H44N6O4.C7H8O3S/c1-22(2)20-26(25(29(38)32-39)15-9-14-23-10-5-3-6-11-23)28(37)31-35(18-16-24-12-7-4-8-13-24)27(36)21-34-19-17-30-33-34;1-6-2-4-7(5-3-6)11(8,9)10/h4,7-8,12-13,17,19,22-23,25-26,39H,3,5-6,9-11,14-16,18,20-21H2,1-2H3,(H,31,37)(H,32,38);2-5H,1H3,(H,8,9,10)/t25-,26+;/m0./s1. The molecule has 0 bridgehead atoms. The van der Waals surface area contributed by atoms with Crippen LogP contribution in [0.15, 0.2) is 71.9 Å². The van der Waals surface area contributed by atoms with Gasteiger partial charge in [0, 0.05) is 12.7 Å². The maximum Gasteiger partial charge on any atom is 0.294 e. The third-order valence-corrected chi connectivity index (χ3v) is 9.82. The lowest BCUT2D eigenvalue weighted by molar-refractivity contribution is -0.148. The Morgan fingerprint density at radius 1 is 0.980 bits per heavy atom. The second kappa shape index (κ2) is 20.5. The second-order valence-electron chi connectivity index (χ2n) is 13.4. The molecule has 274 valence electrons. The van der Waals surface area contributed by atoms with Crippen molar-refractivity contribution in [1.82, 2.24) is 30.9 Å². The number of rotatable bonds is 15. The monoisotopic (exact) mass is 712 g/mol. The van der Waals surface area contributed by atoms with Crippen LogP contribution in [0.1, 0.15) is 82.8 Å². The van der Waals surface area contributed by atoms with Crippen LogP contribution in [-0.2, 0) is 37.5 Å². The summed E-state index contributed by atoms with van der Waals surface area (Å²) >= 11 is 0. The average Bonchev–Trinajstić information content (AvgIpc) is 3.61. The van der Waals surface area contributed by atoms with Crippen molar-refractivity contribution in [2.45, 2.75) is 96.4 Å². The van der Waals surface area contributed by atoms with Gasteiger partial charge in [0.25, 0.3) is 16.0 Å². The maximum absolute atomic E-state index is 13.7. The molecule has 1 heterocycles. The van der Waals surface area contributed by atoms with E-state index in [9.17, 15) is 28.0 Å². The molecule has 0 saturated heterocycles. The molecule has 50 heavy (non-hydrogen) atoms. The number of hydrogen-bond donors (Lipinski definition) is 4. The van der Waals surface area contributed by atoms with Crippen LogP contribution in [0.4, 0.5) is 0 Å². The van der Waals surface area contributed by atoms with E-state index < -0.39 is 33.8 Å². The molecule has 3 amide bonds. The Balaban J connectivity index is 0.000000521. The molecule has 1 saturated carbocycles. The number of nitrogens with one attached hydrogen (secondary N) is 2. The van der Waals surface area contributed by atoms with Crippen LogP contribution in [0.2, 0.25) is 0 Å². The second-order valence-corrected chi connectivity index (χ2v) is 14.8. The first-order valence-electron chi connectivity index (χ1n) is 17.3. The number of nitrogens with zero attached hydrogens (tertiary/aromatic N) is 4. The molecule has 4 rings (SSSR count). The van der Waals surface area contributed by atoms with Gasteiger partial charge >= 0.3 is 0 Å². The van der Waals surface area contributed by atoms with Crippen molar-refractivity contribution in [2.75, 3.05) is 6.54 Å². The Morgan fingerprint density at radius 2 is 1.66 bits per heavy atom. The third-order valence-electron chi connectivity index (χ3n) is 8.95. The number of hydrazine groups is 1. The molecule has 3 aromatic rings. The number of amides is 3. The van der Waals surface area contributed by atoms with Gasteiger partial charge in [0.2, 0.25) is 11.8 Å². The minimum Gasteiger partial charge on any atom is -0.289 e. The van der Waals surface area contributed by atoms with E-state index in [-0.39, 0.29) is 29.8 Å². The molecular formula is C36H52N6O7S. The molecule has 0 radical (unpaired) electrons. The Kier molecular flexibility index (Phi) is 16.5. The van der Waals surface area contributed by atoms with E-state index in [0.29, 0.717) is 25.2 Å². The highest BCUT2D eigenvalue weighted by atomic mass is 32.2. The zero-order valence-electron chi connectivity index (χ0n) is 29.3. The summed E-state index contributed by atoms with van der Waals surface area (Å²) in [6.07, 6.45) is 12.7. The molecule has 14 heteroatoms. The fraction of sp³-hybridized carbons (Fsp3) is 0.528. The van der Waals surface area contributed by atoms with Crippen molar-refractivity contribution in [1.29, 1.82) is 0 Å². The summed E-state index contributed by atoms with van der Waals surface area (Å²) < 4.78 is 31.0. The third kappa shape index (κ3) is 14.0. The highest BCUT2D eigenvalue weighted by Crippen LogP contribution is 2.31. The summed E-state index contributed by atoms with van der Waals surface area (Å²) in [6.45, 7) is 6.02. The molecule has 0 unspecified atom stereocenters. The Bertz CT molecular complexity index is 1560. The number of carbonyl (C=O) groups is 3. The van der Waals surface area contributed by atoms with Crippen LogP contribution < -0.4 is 10.9 Å². The van der Waals surface area contributed by atoms with Gasteiger partial charge in [-0.3, -0.25) is 34.6 Å². The number of hydroxylamine groups is 1. The summed E-state index contributed by atoms with van der Waals surface area (Å²) in [6, 6.07) is 15.7. The zero-order chi connectivity index (χ0) is 36.5. The molecule has 2 atom stereocenters. The van der Waals surface area contributed by atoms with Gasteiger partial charge in [-0.2, -0.15) is 8.42 Å². The van der Waals surface area contributed by atoms with Crippen molar-refractivity contribution in [3.05, 3.63) is 78.1 Å². The molecule has 4 N–H and O–H groups in total. The molecule has 2 aromatic carbocycles. The fourth-order valence-electron chi connectivity index (χ4n) is 6.26. The van der Waals surface area contributed by atoms with Crippen LogP contribution in [0, 0.1) is 30.6 Å². The largest absolute Gasteiger partial charge is 0.294 e. The number of aryl methyl sites for hydroxylation is 1. The van der Waals surface area contributed by atoms with E-state index in [1.54, 1.807) is 23.8 Å². The minimum atomic E-state index is -4.02. The Labute approximate surface area is 295 Å². The number of hydrogen-bond acceptors (Lipinski definition) is 8. The first-order valence-corrected chi connectivity index (χ1v) is 18.8. The van der Waals surface area contributed by atoms with E-state index in [0.717, 1.165) is 24.0 Å². The molecule has 0 aliphatic heterocycles. The number of carbonyl (C=O) groups excluding carboxylic acids is 3. The number of benzene rings is 2. The topological polar surface area (TPSA) is 184 Å². The van der Waals surface area contributed by atoms with E-state index in [2.05, 4.69) is 15.7 Å². The molecule has 1 aliphatic rings. The highest BCUT2D eigenvalue weighted by molar-refractivity contribution is 7.85. The van der Waals surface area contributed by atoms with Crippen LogP contribution in [0.3, 0.4) is 0 Å². The molecule has 0 spiro atoms. The Morgan fingerprint density at radius 3 is 2.24 bits per heavy atom. The van der Waals surface area contributed by atoms with E-state index >= 15 is 0 Å². The van der Waals surface area contributed by atoms with Gasteiger partial charge in [-0.1, -0.05) is 112 Å². The van der Waals surface area contributed by atoms with Gasteiger partial charge in [-0.05, 0) is 55.7 Å². The van der Waals surface area contributed by atoms with Gasteiger partial charge in [-0.15, -0.1) is 5.10 Å². The van der Waals surface area contributed by atoms with Crippen molar-refractivity contribution >= 4 is 27.8 Å². The smallest absolute Gasteiger partial charge is 0.289 e. The molecular weight excluding hydrogens is 660 g/mol. The van der Waals surface area contributed by atoms with Crippen LogP contribution in [0.5, 0.6) is 0 Å². The van der Waals surface area contributed by atoms with Crippen molar-refractivity contribution in [3.8, 4) is 0 Å². The summed E-state index contributed by atoms with van der Waals surface area (Å²) in [7, 11) is -4.02.